The lowest BCUT2D eigenvalue weighted by molar-refractivity contribution is 0.554. The molecule has 0 saturated carbocycles. The Kier molecular flexibility index (Phi) is 2.56. The number of halogens is 1. The van der Waals surface area contributed by atoms with Gasteiger partial charge in [0, 0.05) is 11.8 Å². The van der Waals surface area contributed by atoms with E-state index in [2.05, 4.69) is 4.98 Å². The Bertz CT molecular complexity index is 860. The SMILES string of the molecule is O=c1[nH]c2c(=O)n(Cc3ccccc3F)ccc2o1. The standard InChI is InChI=1S/C13H9FN2O3/c14-9-4-2-1-3-8(9)7-16-6-5-10-11(12(16)17)15-13(18)19-10/h1-6H,7H2,(H,15,18). The highest BCUT2D eigenvalue weighted by atomic mass is 19.1. The summed E-state index contributed by atoms with van der Waals surface area (Å²) in [6, 6.07) is 7.71. The fourth-order valence-electron chi connectivity index (χ4n) is 1.92. The number of H-pyrrole nitrogens is 1. The van der Waals surface area contributed by atoms with E-state index in [1.54, 1.807) is 18.2 Å². The lowest BCUT2D eigenvalue weighted by atomic mass is 10.2. The van der Waals surface area contributed by atoms with E-state index < -0.39 is 11.3 Å². The Morgan fingerprint density at radius 1 is 1.21 bits per heavy atom. The van der Waals surface area contributed by atoms with Gasteiger partial charge in [0.25, 0.3) is 5.56 Å². The minimum atomic E-state index is -0.684. The number of aromatic nitrogens is 2. The van der Waals surface area contributed by atoms with Crippen molar-refractivity contribution in [2.75, 3.05) is 0 Å². The average Bonchev–Trinajstić information content (AvgIpc) is 2.77. The summed E-state index contributed by atoms with van der Waals surface area (Å²) in [6.45, 7) is 0.0919. The molecule has 1 N–H and O–H groups in total. The molecule has 96 valence electrons. The summed E-state index contributed by atoms with van der Waals surface area (Å²) >= 11 is 0. The molecule has 0 fully saturated rings. The number of aromatic amines is 1. The molecule has 3 rings (SSSR count). The molecule has 0 aliphatic carbocycles. The molecule has 0 amide bonds. The van der Waals surface area contributed by atoms with Gasteiger partial charge in [-0.05, 0) is 12.1 Å². The lowest BCUT2D eigenvalue weighted by Gasteiger charge is -2.06. The number of hydrogen-bond donors (Lipinski definition) is 1. The topological polar surface area (TPSA) is 68.0 Å². The zero-order valence-electron chi connectivity index (χ0n) is 9.72. The second-order valence-corrected chi connectivity index (χ2v) is 4.09. The van der Waals surface area contributed by atoms with E-state index in [9.17, 15) is 14.0 Å². The predicted molar refractivity (Wildman–Crippen MR) is 66.6 cm³/mol. The van der Waals surface area contributed by atoms with E-state index >= 15 is 0 Å². The average molecular weight is 260 g/mol. The Morgan fingerprint density at radius 3 is 2.79 bits per heavy atom. The number of fused-ring (bicyclic) bond motifs is 1. The van der Waals surface area contributed by atoms with E-state index in [0.29, 0.717) is 5.56 Å². The molecule has 3 aromatic rings. The van der Waals surface area contributed by atoms with Crippen molar-refractivity contribution in [3.63, 3.8) is 0 Å². The maximum absolute atomic E-state index is 13.5. The molecule has 0 unspecified atom stereocenters. The van der Waals surface area contributed by atoms with Crippen LogP contribution in [0.2, 0.25) is 0 Å². The zero-order valence-corrected chi connectivity index (χ0v) is 9.72. The summed E-state index contributed by atoms with van der Waals surface area (Å²) in [4.78, 5) is 25.4. The maximum atomic E-state index is 13.5. The van der Waals surface area contributed by atoms with Crippen LogP contribution in [0.4, 0.5) is 4.39 Å². The van der Waals surface area contributed by atoms with Crippen LogP contribution in [0.1, 0.15) is 5.56 Å². The monoisotopic (exact) mass is 260 g/mol. The van der Waals surface area contributed by atoms with Crippen LogP contribution in [-0.2, 0) is 6.54 Å². The predicted octanol–water partition coefficient (Wildman–Crippen LogP) is 1.47. The molecule has 0 spiro atoms. The second kappa shape index (κ2) is 4.24. The number of nitrogens with one attached hydrogen (secondary N) is 1. The normalized spacial score (nSPS) is 11.0. The van der Waals surface area contributed by atoms with Crippen molar-refractivity contribution in [1.29, 1.82) is 0 Å². The van der Waals surface area contributed by atoms with Crippen molar-refractivity contribution in [2.45, 2.75) is 6.54 Å². The smallest absolute Gasteiger partial charge is 0.408 e. The Morgan fingerprint density at radius 2 is 2.00 bits per heavy atom. The highest BCUT2D eigenvalue weighted by Gasteiger charge is 2.09. The van der Waals surface area contributed by atoms with E-state index in [-0.39, 0.29) is 23.5 Å². The number of hydrogen-bond acceptors (Lipinski definition) is 3. The molecule has 0 radical (unpaired) electrons. The first-order valence-corrected chi connectivity index (χ1v) is 5.61. The second-order valence-electron chi connectivity index (χ2n) is 4.09. The third kappa shape index (κ3) is 1.97. The third-order valence-electron chi connectivity index (χ3n) is 2.86. The number of pyridine rings is 1. The molecule has 0 aliphatic heterocycles. The molecular formula is C13H9FN2O3. The van der Waals surface area contributed by atoms with Crippen molar-refractivity contribution in [1.82, 2.24) is 9.55 Å². The fraction of sp³-hybridized carbons (Fsp3) is 0.0769. The zero-order chi connectivity index (χ0) is 13.4. The van der Waals surface area contributed by atoms with Gasteiger partial charge in [0.2, 0.25) is 0 Å². The Labute approximate surface area is 105 Å². The molecule has 2 heterocycles. The van der Waals surface area contributed by atoms with E-state index in [1.165, 1.54) is 22.9 Å². The molecule has 0 atom stereocenters. The first-order valence-electron chi connectivity index (χ1n) is 5.61. The minimum absolute atomic E-state index is 0.0869. The summed E-state index contributed by atoms with van der Waals surface area (Å²) in [5.41, 5.74) is 0.255. The summed E-state index contributed by atoms with van der Waals surface area (Å²) in [7, 11) is 0. The molecule has 0 bridgehead atoms. The summed E-state index contributed by atoms with van der Waals surface area (Å²) < 4.78 is 19.6. The van der Waals surface area contributed by atoms with Crippen molar-refractivity contribution in [2.24, 2.45) is 0 Å². The van der Waals surface area contributed by atoms with Gasteiger partial charge in [-0.15, -0.1) is 0 Å². The van der Waals surface area contributed by atoms with E-state index in [4.69, 9.17) is 4.42 Å². The van der Waals surface area contributed by atoms with Gasteiger partial charge in [0.15, 0.2) is 11.1 Å². The Hall–Kier alpha value is -2.63. The van der Waals surface area contributed by atoms with Crippen molar-refractivity contribution >= 4 is 11.1 Å². The van der Waals surface area contributed by atoms with Crippen molar-refractivity contribution in [3.05, 3.63) is 68.8 Å². The summed E-state index contributed by atoms with van der Waals surface area (Å²) in [5, 5.41) is 0. The lowest BCUT2D eigenvalue weighted by Crippen LogP contribution is -2.21. The number of benzene rings is 1. The minimum Gasteiger partial charge on any atom is -0.408 e. The van der Waals surface area contributed by atoms with Crippen molar-refractivity contribution in [3.8, 4) is 0 Å². The van der Waals surface area contributed by atoms with Crippen LogP contribution < -0.4 is 11.3 Å². The molecule has 5 nitrogen and oxygen atoms in total. The van der Waals surface area contributed by atoms with Crippen LogP contribution in [0.25, 0.3) is 11.1 Å². The molecule has 2 aromatic heterocycles. The van der Waals surface area contributed by atoms with Crippen LogP contribution >= 0.6 is 0 Å². The quantitative estimate of drug-likeness (QED) is 0.758. The summed E-state index contributed by atoms with van der Waals surface area (Å²) in [6.07, 6.45) is 1.47. The molecule has 19 heavy (non-hydrogen) atoms. The maximum Gasteiger partial charge on any atom is 0.417 e. The molecule has 6 heteroatoms. The Balaban J connectivity index is 2.11. The highest BCUT2D eigenvalue weighted by Crippen LogP contribution is 2.09. The molecule has 0 saturated heterocycles. The van der Waals surface area contributed by atoms with Gasteiger partial charge in [-0.2, -0.15) is 0 Å². The van der Waals surface area contributed by atoms with Crippen LogP contribution in [-0.4, -0.2) is 9.55 Å². The van der Waals surface area contributed by atoms with Gasteiger partial charge in [-0.3, -0.25) is 9.78 Å². The largest absolute Gasteiger partial charge is 0.417 e. The first kappa shape index (κ1) is 11.5. The highest BCUT2D eigenvalue weighted by molar-refractivity contribution is 5.70. The fourth-order valence-corrected chi connectivity index (χ4v) is 1.92. The van der Waals surface area contributed by atoms with Crippen LogP contribution in [0.3, 0.4) is 0 Å². The summed E-state index contributed by atoms with van der Waals surface area (Å²) in [5.74, 6) is -1.06. The van der Waals surface area contributed by atoms with Gasteiger partial charge in [0.1, 0.15) is 5.82 Å². The number of oxazole rings is 1. The third-order valence-corrected chi connectivity index (χ3v) is 2.86. The molecular weight excluding hydrogens is 251 g/mol. The van der Waals surface area contributed by atoms with Gasteiger partial charge in [-0.1, -0.05) is 18.2 Å². The van der Waals surface area contributed by atoms with E-state index in [0.717, 1.165) is 0 Å². The van der Waals surface area contributed by atoms with Gasteiger partial charge < -0.3 is 8.98 Å². The van der Waals surface area contributed by atoms with Crippen LogP contribution in [0, 0.1) is 5.82 Å². The first-order chi connectivity index (χ1) is 9.15. The van der Waals surface area contributed by atoms with Gasteiger partial charge in [-0.25, -0.2) is 9.18 Å². The number of nitrogens with zero attached hydrogens (tertiary/aromatic N) is 1. The van der Waals surface area contributed by atoms with Gasteiger partial charge >= 0.3 is 5.76 Å². The van der Waals surface area contributed by atoms with Gasteiger partial charge in [0.05, 0.1) is 6.54 Å². The molecule has 0 aliphatic rings. The van der Waals surface area contributed by atoms with Crippen molar-refractivity contribution < 1.29 is 8.81 Å². The number of rotatable bonds is 2. The molecule has 1 aromatic carbocycles. The van der Waals surface area contributed by atoms with Crippen LogP contribution in [0.5, 0.6) is 0 Å². The van der Waals surface area contributed by atoms with E-state index in [1.807, 2.05) is 0 Å². The van der Waals surface area contributed by atoms with Crippen LogP contribution in [0.15, 0.2) is 50.5 Å².